The first-order valence-corrected chi connectivity index (χ1v) is 9.93. The summed E-state index contributed by atoms with van der Waals surface area (Å²) in [5.74, 6) is 1.11. The van der Waals surface area contributed by atoms with Crippen molar-refractivity contribution in [3.8, 4) is 0 Å². The van der Waals surface area contributed by atoms with Gasteiger partial charge >= 0.3 is 0 Å². The molecule has 3 nitrogen and oxygen atoms in total. The van der Waals surface area contributed by atoms with Gasteiger partial charge in [-0.25, -0.2) is 0 Å². The first-order valence-electron chi connectivity index (χ1n) is 9.29. The molecule has 0 atom stereocenters. The highest BCUT2D eigenvalue weighted by molar-refractivity contribution is 7.80. The molecule has 0 spiro atoms. The number of hydrogen-bond acceptors (Lipinski definition) is 3. The molecule has 0 radical (unpaired) electrons. The fourth-order valence-electron chi connectivity index (χ4n) is 2.63. The lowest BCUT2D eigenvalue weighted by Crippen LogP contribution is -2.25. The molecule has 0 aromatic rings. The first kappa shape index (κ1) is 21.8. The van der Waals surface area contributed by atoms with Crippen molar-refractivity contribution in [3.05, 3.63) is 0 Å². The third-order valence-corrected chi connectivity index (χ3v) is 4.31. The molecule has 0 saturated carbocycles. The highest BCUT2D eigenvalue weighted by atomic mass is 32.1. The van der Waals surface area contributed by atoms with Crippen molar-refractivity contribution in [2.24, 2.45) is 0 Å². The zero-order chi connectivity index (χ0) is 16.3. The van der Waals surface area contributed by atoms with E-state index in [4.69, 9.17) is 5.11 Å². The lowest BCUT2D eigenvalue weighted by molar-refractivity contribution is -0.121. The van der Waals surface area contributed by atoms with Gasteiger partial charge < -0.3 is 10.4 Å². The highest BCUT2D eigenvalue weighted by Crippen LogP contribution is 2.13. The number of aliphatic hydroxyl groups excluding tert-OH is 1. The van der Waals surface area contributed by atoms with Gasteiger partial charge in [0, 0.05) is 13.0 Å². The minimum absolute atomic E-state index is 0.0292. The smallest absolute Gasteiger partial charge is 0.220 e. The first-order chi connectivity index (χ1) is 10.8. The van der Waals surface area contributed by atoms with Crippen LogP contribution in [0.3, 0.4) is 0 Å². The maximum atomic E-state index is 11.3. The van der Waals surface area contributed by atoms with Gasteiger partial charge in [-0.2, -0.15) is 12.6 Å². The summed E-state index contributed by atoms with van der Waals surface area (Å²) in [6, 6.07) is 0. The molecule has 22 heavy (non-hydrogen) atoms. The van der Waals surface area contributed by atoms with Gasteiger partial charge in [0.2, 0.25) is 5.91 Å². The molecule has 0 aliphatic rings. The Balaban J connectivity index is 3.04. The molecule has 0 aromatic carbocycles. The number of carbonyl (C=O) groups is 1. The lowest BCUT2D eigenvalue weighted by Gasteiger charge is -2.04. The van der Waals surface area contributed by atoms with E-state index < -0.39 is 0 Å². The number of amides is 1. The Morgan fingerprint density at radius 3 is 1.55 bits per heavy atom. The number of unbranched alkanes of at least 4 members (excludes halogenated alkanes) is 12. The second-order valence-electron chi connectivity index (χ2n) is 6.14. The zero-order valence-electron chi connectivity index (χ0n) is 14.3. The molecule has 2 N–H and O–H groups in total. The molecule has 4 heteroatoms. The minimum Gasteiger partial charge on any atom is -0.395 e. The van der Waals surface area contributed by atoms with E-state index in [1.54, 1.807) is 0 Å². The van der Waals surface area contributed by atoms with E-state index in [0.29, 0.717) is 13.0 Å². The van der Waals surface area contributed by atoms with Crippen LogP contribution in [0, 0.1) is 0 Å². The zero-order valence-corrected chi connectivity index (χ0v) is 15.2. The average Bonchev–Trinajstić information content (AvgIpc) is 2.53. The Bertz CT molecular complexity index is 237. The van der Waals surface area contributed by atoms with Crippen LogP contribution < -0.4 is 5.32 Å². The Kier molecular flexibility index (Phi) is 18.6. The third kappa shape index (κ3) is 17.8. The number of hydrogen-bond donors (Lipinski definition) is 3. The monoisotopic (exact) mass is 331 g/mol. The van der Waals surface area contributed by atoms with Crippen molar-refractivity contribution in [1.29, 1.82) is 0 Å². The second kappa shape index (κ2) is 18.8. The van der Waals surface area contributed by atoms with E-state index >= 15 is 0 Å². The summed E-state index contributed by atoms with van der Waals surface area (Å²) >= 11 is 4.23. The summed E-state index contributed by atoms with van der Waals surface area (Å²) in [5, 5.41) is 11.3. The maximum absolute atomic E-state index is 11.3. The number of nitrogens with one attached hydrogen (secondary N) is 1. The molecule has 0 unspecified atom stereocenters. The van der Waals surface area contributed by atoms with Crippen LogP contribution >= 0.6 is 12.6 Å². The summed E-state index contributed by atoms with van der Waals surface area (Å²) < 4.78 is 0. The van der Waals surface area contributed by atoms with Crippen LogP contribution in [0.5, 0.6) is 0 Å². The van der Waals surface area contributed by atoms with E-state index in [-0.39, 0.29) is 12.5 Å². The topological polar surface area (TPSA) is 49.3 Å². The van der Waals surface area contributed by atoms with Gasteiger partial charge in [-0.3, -0.25) is 4.79 Å². The van der Waals surface area contributed by atoms with Crippen molar-refractivity contribution in [2.45, 2.75) is 89.9 Å². The van der Waals surface area contributed by atoms with Crippen LogP contribution in [-0.4, -0.2) is 29.9 Å². The van der Waals surface area contributed by atoms with Crippen LogP contribution in [0.4, 0.5) is 0 Å². The van der Waals surface area contributed by atoms with Crippen LogP contribution in [-0.2, 0) is 4.79 Å². The average molecular weight is 332 g/mol. The number of aliphatic hydroxyl groups is 1. The number of thiol groups is 1. The highest BCUT2D eigenvalue weighted by Gasteiger charge is 1.99. The van der Waals surface area contributed by atoms with Gasteiger partial charge in [-0.1, -0.05) is 70.6 Å². The van der Waals surface area contributed by atoms with Crippen LogP contribution in [0.15, 0.2) is 0 Å². The predicted octanol–water partition coefficient (Wildman–Crippen LogP) is 4.49. The van der Waals surface area contributed by atoms with Crippen molar-refractivity contribution >= 4 is 18.5 Å². The summed E-state index contributed by atoms with van der Waals surface area (Å²) in [4.78, 5) is 11.3. The molecule has 0 fully saturated rings. The van der Waals surface area contributed by atoms with Crippen molar-refractivity contribution < 1.29 is 9.90 Å². The molecule has 0 aromatic heterocycles. The van der Waals surface area contributed by atoms with E-state index in [1.165, 1.54) is 70.6 Å². The number of carbonyl (C=O) groups excluding carboxylic acids is 1. The van der Waals surface area contributed by atoms with E-state index in [2.05, 4.69) is 17.9 Å². The van der Waals surface area contributed by atoms with Crippen LogP contribution in [0.25, 0.3) is 0 Å². The van der Waals surface area contributed by atoms with Crippen molar-refractivity contribution in [2.75, 3.05) is 18.9 Å². The van der Waals surface area contributed by atoms with E-state index in [1.807, 2.05) is 0 Å². The summed E-state index contributed by atoms with van der Waals surface area (Å²) in [6.07, 6.45) is 17.6. The largest absolute Gasteiger partial charge is 0.395 e. The Hall–Kier alpha value is -0.220. The third-order valence-electron chi connectivity index (χ3n) is 4.00. The normalized spacial score (nSPS) is 10.8. The van der Waals surface area contributed by atoms with Gasteiger partial charge in [-0.05, 0) is 18.6 Å². The quantitative estimate of drug-likeness (QED) is 0.272. The summed E-state index contributed by atoms with van der Waals surface area (Å²) in [6.45, 7) is 0.412. The van der Waals surface area contributed by atoms with E-state index in [9.17, 15) is 4.79 Å². The fourth-order valence-corrected chi connectivity index (χ4v) is 2.85. The van der Waals surface area contributed by atoms with Gasteiger partial charge in [0.15, 0.2) is 0 Å². The van der Waals surface area contributed by atoms with Crippen LogP contribution in [0.2, 0.25) is 0 Å². The fraction of sp³-hybridized carbons (Fsp3) is 0.944. The molecular formula is C18H37NO2S. The second-order valence-corrected chi connectivity index (χ2v) is 6.59. The Labute approximate surface area is 143 Å². The summed E-state index contributed by atoms with van der Waals surface area (Å²) in [7, 11) is 0. The predicted molar refractivity (Wildman–Crippen MR) is 98.6 cm³/mol. The Morgan fingerprint density at radius 2 is 1.14 bits per heavy atom. The van der Waals surface area contributed by atoms with Crippen LogP contribution in [0.1, 0.15) is 89.9 Å². The van der Waals surface area contributed by atoms with Gasteiger partial charge in [0.1, 0.15) is 0 Å². The molecule has 1 amide bonds. The van der Waals surface area contributed by atoms with E-state index in [0.717, 1.165) is 18.6 Å². The van der Waals surface area contributed by atoms with Gasteiger partial charge in [0.25, 0.3) is 0 Å². The molecule has 0 aliphatic carbocycles. The lowest BCUT2D eigenvalue weighted by atomic mass is 10.0. The molecule has 0 saturated heterocycles. The van der Waals surface area contributed by atoms with Crippen molar-refractivity contribution in [3.63, 3.8) is 0 Å². The van der Waals surface area contributed by atoms with Gasteiger partial charge in [-0.15, -0.1) is 0 Å². The minimum atomic E-state index is 0.0292. The number of rotatable bonds is 17. The maximum Gasteiger partial charge on any atom is 0.220 e. The standard InChI is InChI=1S/C18H37NO2S/c20-16-15-19-18(21)14-12-10-8-6-4-2-1-3-5-7-9-11-13-17-22/h20,22H,1-17H2,(H,19,21). The molecule has 0 aliphatic heterocycles. The van der Waals surface area contributed by atoms with Gasteiger partial charge in [0.05, 0.1) is 6.61 Å². The molecule has 0 bridgehead atoms. The SMILES string of the molecule is O=C(CCCCCCCCCCCCCCCS)NCCO. The summed E-state index contributed by atoms with van der Waals surface area (Å²) in [5.41, 5.74) is 0. The Morgan fingerprint density at radius 1 is 0.727 bits per heavy atom. The molecule has 0 rings (SSSR count). The molecule has 0 heterocycles. The molecular weight excluding hydrogens is 294 g/mol. The van der Waals surface area contributed by atoms with Crippen molar-refractivity contribution in [1.82, 2.24) is 5.32 Å². The molecule has 132 valence electrons.